The predicted octanol–water partition coefficient (Wildman–Crippen LogP) is 6.12. The minimum absolute atomic E-state index is 0.132. The summed E-state index contributed by atoms with van der Waals surface area (Å²) in [6.07, 6.45) is 7.41. The van der Waals surface area contributed by atoms with Crippen molar-refractivity contribution in [2.24, 2.45) is 0 Å². The summed E-state index contributed by atoms with van der Waals surface area (Å²) in [7, 11) is 0. The van der Waals surface area contributed by atoms with Crippen molar-refractivity contribution in [3.63, 3.8) is 0 Å². The van der Waals surface area contributed by atoms with Crippen molar-refractivity contribution in [3.05, 3.63) is 34.9 Å². The molecule has 0 amide bonds. The molecule has 0 saturated carbocycles. The van der Waals surface area contributed by atoms with Crippen molar-refractivity contribution in [1.29, 1.82) is 0 Å². The van der Waals surface area contributed by atoms with Crippen molar-refractivity contribution >= 4 is 12.0 Å². The summed E-state index contributed by atoms with van der Waals surface area (Å²) in [6.45, 7) is 15.1. The number of phenols is 1. The van der Waals surface area contributed by atoms with Gasteiger partial charge in [0.1, 0.15) is 5.75 Å². The zero-order valence-electron chi connectivity index (χ0n) is 17.6. The third-order valence-corrected chi connectivity index (χ3v) is 5.33. The van der Waals surface area contributed by atoms with Gasteiger partial charge in [0.25, 0.3) is 0 Å². The van der Waals surface area contributed by atoms with E-state index >= 15 is 0 Å². The van der Waals surface area contributed by atoms with Gasteiger partial charge in [-0.3, -0.25) is 0 Å². The van der Waals surface area contributed by atoms with Crippen molar-refractivity contribution in [2.75, 3.05) is 6.61 Å². The number of carbonyl (C=O) groups excluding carboxylic acids is 1. The van der Waals surface area contributed by atoms with Crippen LogP contribution in [0, 0.1) is 0 Å². The van der Waals surface area contributed by atoms with E-state index in [1.54, 1.807) is 13.0 Å². The average Bonchev–Trinajstić information content (AvgIpc) is 2.59. The highest BCUT2D eigenvalue weighted by Gasteiger charge is 2.30. The van der Waals surface area contributed by atoms with Crippen LogP contribution in [0.1, 0.15) is 90.8 Å². The van der Waals surface area contributed by atoms with Crippen LogP contribution in [0.2, 0.25) is 0 Å². The fourth-order valence-corrected chi connectivity index (χ4v) is 3.08. The van der Waals surface area contributed by atoms with Gasteiger partial charge >= 0.3 is 5.97 Å². The lowest BCUT2D eigenvalue weighted by molar-refractivity contribution is -0.137. The lowest BCUT2D eigenvalue weighted by Crippen LogP contribution is -2.21. The second kappa shape index (κ2) is 9.25. The van der Waals surface area contributed by atoms with Gasteiger partial charge in [-0.25, -0.2) is 4.79 Å². The van der Waals surface area contributed by atoms with E-state index in [4.69, 9.17) is 4.74 Å². The largest absolute Gasteiger partial charge is 0.507 e. The lowest BCUT2D eigenvalue weighted by Gasteiger charge is -2.31. The molecule has 146 valence electrons. The van der Waals surface area contributed by atoms with Crippen LogP contribution in [0.25, 0.3) is 6.08 Å². The van der Waals surface area contributed by atoms with E-state index in [2.05, 4.69) is 41.5 Å². The Morgan fingerprint density at radius 1 is 1.08 bits per heavy atom. The van der Waals surface area contributed by atoms with Crippen LogP contribution >= 0.6 is 0 Å². The molecular weight excluding hydrogens is 324 g/mol. The molecule has 1 aromatic carbocycles. The Morgan fingerprint density at radius 3 is 2.15 bits per heavy atom. The molecule has 1 N–H and O–H groups in total. The summed E-state index contributed by atoms with van der Waals surface area (Å²) < 4.78 is 4.98. The first-order chi connectivity index (χ1) is 12.1. The van der Waals surface area contributed by atoms with Gasteiger partial charge in [-0.15, -0.1) is 0 Å². The average molecular weight is 361 g/mol. The minimum Gasteiger partial charge on any atom is -0.507 e. The van der Waals surface area contributed by atoms with Gasteiger partial charge in [-0.1, -0.05) is 54.4 Å². The monoisotopic (exact) mass is 360 g/mol. The van der Waals surface area contributed by atoms with Crippen LogP contribution in [-0.4, -0.2) is 17.7 Å². The highest BCUT2D eigenvalue weighted by atomic mass is 16.5. The quantitative estimate of drug-likeness (QED) is 0.426. The number of hydrogen-bond donors (Lipinski definition) is 1. The zero-order chi connectivity index (χ0) is 20.0. The molecule has 0 aliphatic carbocycles. The zero-order valence-corrected chi connectivity index (χ0v) is 17.6. The summed E-state index contributed by atoms with van der Waals surface area (Å²) in [5.41, 5.74) is 2.53. The number of benzene rings is 1. The van der Waals surface area contributed by atoms with Gasteiger partial charge in [0.2, 0.25) is 0 Å². The molecule has 0 unspecified atom stereocenters. The molecule has 0 aliphatic rings. The number of unbranched alkanes of at least 4 members (excludes halogenated alkanes) is 1. The van der Waals surface area contributed by atoms with Crippen molar-refractivity contribution in [2.45, 2.75) is 85.0 Å². The summed E-state index contributed by atoms with van der Waals surface area (Å²) in [5, 5.41) is 11.1. The van der Waals surface area contributed by atoms with Gasteiger partial charge < -0.3 is 9.84 Å². The number of carbonyl (C=O) groups is 1. The molecule has 0 aliphatic heterocycles. The molecule has 0 bridgehead atoms. The molecule has 3 heteroatoms. The molecular formula is C23H36O3. The molecule has 0 atom stereocenters. The minimum atomic E-state index is -0.344. The number of phenolic OH excluding ortho intramolecular Hbond substituents is 1. The maximum Gasteiger partial charge on any atom is 0.330 e. The maximum atomic E-state index is 11.7. The number of esters is 1. The van der Waals surface area contributed by atoms with Crippen LogP contribution in [0.3, 0.4) is 0 Å². The van der Waals surface area contributed by atoms with E-state index in [9.17, 15) is 9.90 Å². The Kier molecular flexibility index (Phi) is 7.92. The van der Waals surface area contributed by atoms with Crippen LogP contribution in [-0.2, 0) is 20.4 Å². The molecule has 1 rings (SSSR count). The van der Waals surface area contributed by atoms with Gasteiger partial charge in [-0.2, -0.15) is 0 Å². The van der Waals surface area contributed by atoms with Gasteiger partial charge in [-0.05, 0) is 54.4 Å². The predicted molar refractivity (Wildman–Crippen MR) is 110 cm³/mol. The lowest BCUT2D eigenvalue weighted by atomic mass is 9.74. The van der Waals surface area contributed by atoms with Crippen LogP contribution in [0.15, 0.2) is 18.2 Å². The fourth-order valence-electron chi connectivity index (χ4n) is 3.08. The van der Waals surface area contributed by atoms with Crippen molar-refractivity contribution < 1.29 is 14.6 Å². The van der Waals surface area contributed by atoms with Gasteiger partial charge in [0, 0.05) is 17.2 Å². The van der Waals surface area contributed by atoms with E-state index < -0.39 is 0 Å². The Hall–Kier alpha value is -1.77. The molecule has 1 aromatic rings. The highest BCUT2D eigenvalue weighted by molar-refractivity contribution is 5.87. The first-order valence-electron chi connectivity index (χ1n) is 9.81. The SMILES string of the molecule is CCCCC(C)(C)c1cc(C=CC(=O)OCC)cc(C(C)(C)CC)c1O. The van der Waals surface area contributed by atoms with Gasteiger partial charge in [0.05, 0.1) is 6.61 Å². The fraction of sp³-hybridized carbons (Fsp3) is 0.609. The maximum absolute atomic E-state index is 11.7. The first kappa shape index (κ1) is 22.3. The summed E-state index contributed by atoms with van der Waals surface area (Å²) >= 11 is 0. The number of hydrogen-bond acceptors (Lipinski definition) is 3. The highest BCUT2D eigenvalue weighted by Crippen LogP contribution is 2.43. The van der Waals surface area contributed by atoms with E-state index in [1.807, 2.05) is 12.1 Å². The second-order valence-electron chi connectivity index (χ2n) is 8.27. The normalized spacial score (nSPS) is 12.6. The van der Waals surface area contributed by atoms with E-state index in [0.717, 1.165) is 42.4 Å². The summed E-state index contributed by atoms with van der Waals surface area (Å²) in [4.78, 5) is 11.7. The molecule has 0 aromatic heterocycles. The van der Waals surface area contributed by atoms with E-state index in [-0.39, 0.29) is 16.8 Å². The van der Waals surface area contributed by atoms with E-state index in [1.165, 1.54) is 6.08 Å². The smallest absolute Gasteiger partial charge is 0.330 e. The Balaban J connectivity index is 3.46. The van der Waals surface area contributed by atoms with Crippen LogP contribution in [0.5, 0.6) is 5.75 Å². The first-order valence-corrected chi connectivity index (χ1v) is 9.81. The van der Waals surface area contributed by atoms with Gasteiger partial charge in [0.15, 0.2) is 0 Å². The molecule has 3 nitrogen and oxygen atoms in total. The molecule has 0 fully saturated rings. The molecule has 0 saturated heterocycles. The third kappa shape index (κ3) is 5.62. The summed E-state index contributed by atoms with van der Waals surface area (Å²) in [6, 6.07) is 4.00. The Labute approximate surface area is 159 Å². The molecule has 0 spiro atoms. The van der Waals surface area contributed by atoms with E-state index in [0.29, 0.717) is 12.4 Å². The second-order valence-corrected chi connectivity index (χ2v) is 8.27. The Bertz CT molecular complexity index is 639. The van der Waals surface area contributed by atoms with Crippen molar-refractivity contribution in [1.82, 2.24) is 0 Å². The van der Waals surface area contributed by atoms with Crippen LogP contribution in [0.4, 0.5) is 0 Å². The topological polar surface area (TPSA) is 46.5 Å². The molecule has 0 heterocycles. The number of aromatic hydroxyl groups is 1. The molecule has 26 heavy (non-hydrogen) atoms. The number of ether oxygens (including phenoxy) is 1. The van der Waals surface area contributed by atoms with Crippen molar-refractivity contribution in [3.8, 4) is 5.75 Å². The Morgan fingerprint density at radius 2 is 1.65 bits per heavy atom. The molecule has 0 radical (unpaired) electrons. The standard InChI is InChI=1S/C23H36O3/c1-8-11-14-23(6,7)19-16-17(12-13-20(24)26-10-3)15-18(21(19)25)22(4,5)9-2/h12-13,15-16,25H,8-11,14H2,1-7H3. The summed E-state index contributed by atoms with van der Waals surface area (Å²) in [5.74, 6) is 0.0508. The number of rotatable bonds is 9. The third-order valence-electron chi connectivity index (χ3n) is 5.33. The van der Waals surface area contributed by atoms with Crippen LogP contribution < -0.4 is 0 Å².